The third-order valence-corrected chi connectivity index (χ3v) is 5.01. The molecule has 0 aliphatic rings. The highest BCUT2D eigenvalue weighted by atomic mass is 14.9. The van der Waals surface area contributed by atoms with Gasteiger partial charge in [0.15, 0.2) is 6.20 Å². The van der Waals surface area contributed by atoms with Crippen LogP contribution in [0.5, 0.6) is 0 Å². The average Bonchev–Trinajstić information content (AvgIpc) is 2.49. The summed E-state index contributed by atoms with van der Waals surface area (Å²) >= 11 is 0. The molecule has 0 amide bonds. The van der Waals surface area contributed by atoms with Crippen molar-refractivity contribution in [3.8, 4) is 11.3 Å². The molecule has 0 radical (unpaired) electrons. The van der Waals surface area contributed by atoms with E-state index >= 15 is 0 Å². The molecule has 0 bridgehead atoms. The normalized spacial score (nSPS) is 12.0. The fraction of sp³-hybridized carbons (Fsp3) is 0.500. The molecule has 1 aromatic heterocycles. The van der Waals surface area contributed by atoms with Crippen molar-refractivity contribution < 1.29 is 4.57 Å². The van der Waals surface area contributed by atoms with Crippen molar-refractivity contribution in [3.05, 3.63) is 53.2 Å². The Labute approximate surface area is 142 Å². The van der Waals surface area contributed by atoms with Gasteiger partial charge in [0.25, 0.3) is 0 Å². The SMILES string of the molecule is CCC(CC)c1ccc(C)c(-c2cc(C(C)(C)C)cc[n+]2C)c1. The van der Waals surface area contributed by atoms with E-state index in [1.807, 2.05) is 0 Å². The van der Waals surface area contributed by atoms with Crippen LogP contribution in [0.15, 0.2) is 36.5 Å². The van der Waals surface area contributed by atoms with E-state index in [4.69, 9.17) is 0 Å². The highest BCUT2D eigenvalue weighted by molar-refractivity contribution is 5.63. The maximum Gasteiger partial charge on any atom is 0.212 e. The summed E-state index contributed by atoms with van der Waals surface area (Å²) in [5.74, 6) is 0.658. The summed E-state index contributed by atoms with van der Waals surface area (Å²) in [4.78, 5) is 0. The maximum atomic E-state index is 2.41. The molecule has 0 spiro atoms. The number of aromatic nitrogens is 1. The van der Waals surface area contributed by atoms with Crippen LogP contribution in [-0.2, 0) is 12.5 Å². The van der Waals surface area contributed by atoms with Gasteiger partial charge in [-0.3, -0.25) is 0 Å². The summed E-state index contributed by atoms with van der Waals surface area (Å²) in [6.07, 6.45) is 4.60. The van der Waals surface area contributed by atoms with E-state index in [0.29, 0.717) is 5.92 Å². The molecule has 0 atom stereocenters. The zero-order valence-corrected chi connectivity index (χ0v) is 15.9. The molecule has 1 aromatic carbocycles. The summed E-state index contributed by atoms with van der Waals surface area (Å²) in [6, 6.07) is 11.6. The van der Waals surface area contributed by atoms with Crippen molar-refractivity contribution in [2.45, 2.75) is 65.7 Å². The fourth-order valence-corrected chi connectivity index (χ4v) is 3.23. The number of nitrogens with zero attached hydrogens (tertiary/aromatic N) is 1. The minimum Gasteiger partial charge on any atom is -0.201 e. The molecule has 124 valence electrons. The molecule has 0 fully saturated rings. The monoisotopic (exact) mass is 310 g/mol. The van der Waals surface area contributed by atoms with Gasteiger partial charge in [-0.2, -0.15) is 0 Å². The highest BCUT2D eigenvalue weighted by Crippen LogP contribution is 2.31. The Kier molecular flexibility index (Phi) is 5.29. The van der Waals surface area contributed by atoms with E-state index in [0.717, 1.165) is 0 Å². The van der Waals surface area contributed by atoms with Gasteiger partial charge in [-0.15, -0.1) is 0 Å². The lowest BCUT2D eigenvalue weighted by atomic mass is 9.85. The summed E-state index contributed by atoms with van der Waals surface area (Å²) in [5.41, 5.74) is 7.05. The lowest BCUT2D eigenvalue weighted by Crippen LogP contribution is -2.32. The van der Waals surface area contributed by atoms with Gasteiger partial charge in [0.2, 0.25) is 5.69 Å². The molecule has 2 aromatic rings. The lowest BCUT2D eigenvalue weighted by molar-refractivity contribution is -0.660. The fourth-order valence-electron chi connectivity index (χ4n) is 3.23. The largest absolute Gasteiger partial charge is 0.212 e. The molecule has 0 aliphatic carbocycles. The summed E-state index contributed by atoms with van der Waals surface area (Å²) in [5, 5.41) is 0. The molecule has 23 heavy (non-hydrogen) atoms. The summed E-state index contributed by atoms with van der Waals surface area (Å²) in [7, 11) is 2.14. The predicted molar refractivity (Wildman–Crippen MR) is 99.8 cm³/mol. The highest BCUT2D eigenvalue weighted by Gasteiger charge is 2.20. The molecule has 0 aliphatic heterocycles. The van der Waals surface area contributed by atoms with E-state index in [-0.39, 0.29) is 5.41 Å². The number of benzene rings is 1. The van der Waals surface area contributed by atoms with Crippen molar-refractivity contribution in [2.24, 2.45) is 7.05 Å². The number of hydrogen-bond acceptors (Lipinski definition) is 0. The van der Waals surface area contributed by atoms with Gasteiger partial charge in [0.05, 0.1) is 0 Å². The quantitative estimate of drug-likeness (QED) is 0.639. The lowest BCUT2D eigenvalue weighted by Gasteiger charge is -2.19. The van der Waals surface area contributed by atoms with E-state index in [1.165, 1.54) is 40.8 Å². The number of pyridine rings is 1. The van der Waals surface area contributed by atoms with Gasteiger partial charge in [-0.1, -0.05) is 46.8 Å². The average molecular weight is 311 g/mol. The Balaban J connectivity index is 2.59. The summed E-state index contributed by atoms with van der Waals surface area (Å²) < 4.78 is 2.24. The van der Waals surface area contributed by atoms with E-state index in [2.05, 4.69) is 89.7 Å². The molecular formula is C22H32N+. The van der Waals surface area contributed by atoms with E-state index < -0.39 is 0 Å². The van der Waals surface area contributed by atoms with Crippen LogP contribution in [0.2, 0.25) is 0 Å². The Hall–Kier alpha value is -1.63. The van der Waals surface area contributed by atoms with Crippen LogP contribution < -0.4 is 4.57 Å². The molecule has 1 nitrogen and oxygen atoms in total. The van der Waals surface area contributed by atoms with Crippen LogP contribution in [-0.4, -0.2) is 0 Å². The minimum absolute atomic E-state index is 0.171. The van der Waals surface area contributed by atoms with Gasteiger partial charge >= 0.3 is 0 Å². The molecular weight excluding hydrogens is 278 g/mol. The van der Waals surface area contributed by atoms with Gasteiger partial charge in [-0.05, 0) is 53.9 Å². The topological polar surface area (TPSA) is 3.88 Å². The third-order valence-electron chi connectivity index (χ3n) is 5.01. The van der Waals surface area contributed by atoms with Crippen LogP contribution in [0.25, 0.3) is 11.3 Å². The Morgan fingerprint density at radius 1 is 1.00 bits per heavy atom. The zero-order chi connectivity index (χ0) is 17.2. The van der Waals surface area contributed by atoms with Crippen LogP contribution in [0.3, 0.4) is 0 Å². The zero-order valence-electron chi connectivity index (χ0n) is 15.9. The molecule has 0 N–H and O–H groups in total. The van der Waals surface area contributed by atoms with E-state index in [1.54, 1.807) is 0 Å². The van der Waals surface area contributed by atoms with Crippen molar-refractivity contribution in [2.75, 3.05) is 0 Å². The first-order valence-corrected chi connectivity index (χ1v) is 8.89. The second-order valence-electron chi connectivity index (χ2n) is 7.75. The molecule has 0 saturated carbocycles. The van der Waals surface area contributed by atoms with Crippen molar-refractivity contribution in [3.63, 3.8) is 0 Å². The first kappa shape index (κ1) is 17.7. The Morgan fingerprint density at radius 3 is 2.22 bits per heavy atom. The van der Waals surface area contributed by atoms with E-state index in [9.17, 15) is 0 Å². The third kappa shape index (κ3) is 3.83. The van der Waals surface area contributed by atoms with Gasteiger partial charge < -0.3 is 0 Å². The van der Waals surface area contributed by atoms with Crippen LogP contribution in [0.4, 0.5) is 0 Å². The summed E-state index contributed by atoms with van der Waals surface area (Å²) in [6.45, 7) is 13.6. The number of rotatable bonds is 4. The standard InChI is InChI=1S/C22H32N/c1-8-17(9-2)18-11-10-16(3)20(14-18)21-15-19(22(4,5)6)12-13-23(21)7/h10-15,17H,8-9H2,1-7H3/q+1. The molecule has 0 saturated heterocycles. The number of hydrogen-bond donors (Lipinski definition) is 0. The minimum atomic E-state index is 0.171. The Morgan fingerprint density at radius 2 is 1.65 bits per heavy atom. The van der Waals surface area contributed by atoms with Crippen LogP contribution in [0, 0.1) is 6.92 Å². The van der Waals surface area contributed by atoms with Gasteiger partial charge in [0, 0.05) is 17.7 Å². The number of aryl methyl sites for hydroxylation is 2. The maximum absolute atomic E-state index is 2.41. The molecule has 1 heterocycles. The van der Waals surface area contributed by atoms with Crippen molar-refractivity contribution in [1.29, 1.82) is 0 Å². The second-order valence-corrected chi connectivity index (χ2v) is 7.75. The van der Waals surface area contributed by atoms with Crippen LogP contribution >= 0.6 is 0 Å². The first-order chi connectivity index (χ1) is 10.8. The second kappa shape index (κ2) is 6.86. The first-order valence-electron chi connectivity index (χ1n) is 8.89. The van der Waals surface area contributed by atoms with Crippen molar-refractivity contribution in [1.82, 2.24) is 0 Å². The predicted octanol–water partition coefficient (Wildman–Crippen LogP) is 5.69. The van der Waals surface area contributed by atoms with Gasteiger partial charge in [-0.25, -0.2) is 4.57 Å². The Bertz CT molecular complexity index is 673. The molecule has 2 rings (SSSR count). The van der Waals surface area contributed by atoms with Gasteiger partial charge in [0.1, 0.15) is 7.05 Å². The molecule has 0 unspecified atom stereocenters. The van der Waals surface area contributed by atoms with Crippen molar-refractivity contribution >= 4 is 0 Å². The van der Waals surface area contributed by atoms with Crippen LogP contribution in [0.1, 0.15) is 70.1 Å². The smallest absolute Gasteiger partial charge is 0.201 e. The molecule has 1 heteroatoms.